The molecule has 2 unspecified atom stereocenters. The van der Waals surface area contributed by atoms with Crippen LogP contribution in [0.1, 0.15) is 43.5 Å². The molecular formula is C20H29N5O3. The SMILES string of the molecule is CC(C)C(=O)N(C1CC1)C1CC(C(=O)NCCN)N(C(=O)c2cccnc2)C1. The van der Waals surface area contributed by atoms with Crippen molar-refractivity contribution in [2.24, 2.45) is 11.7 Å². The number of nitrogens with zero attached hydrogens (tertiary/aromatic N) is 3. The number of hydrogen-bond donors (Lipinski definition) is 2. The van der Waals surface area contributed by atoms with Crippen LogP contribution in [0.4, 0.5) is 0 Å². The van der Waals surface area contributed by atoms with Gasteiger partial charge in [-0.15, -0.1) is 0 Å². The van der Waals surface area contributed by atoms with Crippen molar-refractivity contribution in [2.45, 2.75) is 51.2 Å². The van der Waals surface area contributed by atoms with Crippen LogP contribution in [0.3, 0.4) is 0 Å². The van der Waals surface area contributed by atoms with E-state index in [9.17, 15) is 14.4 Å². The van der Waals surface area contributed by atoms with E-state index >= 15 is 0 Å². The first-order chi connectivity index (χ1) is 13.4. The smallest absolute Gasteiger partial charge is 0.256 e. The normalized spacial score (nSPS) is 21.6. The van der Waals surface area contributed by atoms with E-state index in [1.807, 2.05) is 18.7 Å². The number of rotatable bonds is 7. The van der Waals surface area contributed by atoms with Gasteiger partial charge in [0.1, 0.15) is 6.04 Å². The Labute approximate surface area is 165 Å². The van der Waals surface area contributed by atoms with Crippen molar-refractivity contribution in [3.63, 3.8) is 0 Å². The molecule has 2 aliphatic rings. The van der Waals surface area contributed by atoms with Gasteiger partial charge in [0.25, 0.3) is 5.91 Å². The first-order valence-corrected chi connectivity index (χ1v) is 9.95. The molecule has 28 heavy (non-hydrogen) atoms. The minimum absolute atomic E-state index is 0.0873. The summed E-state index contributed by atoms with van der Waals surface area (Å²) in [5.41, 5.74) is 5.94. The van der Waals surface area contributed by atoms with Gasteiger partial charge in [-0.2, -0.15) is 0 Å². The third kappa shape index (κ3) is 4.32. The van der Waals surface area contributed by atoms with Crippen molar-refractivity contribution in [2.75, 3.05) is 19.6 Å². The Morgan fingerprint density at radius 2 is 2.07 bits per heavy atom. The van der Waals surface area contributed by atoms with Gasteiger partial charge >= 0.3 is 0 Å². The minimum atomic E-state index is -0.620. The summed E-state index contributed by atoms with van der Waals surface area (Å²) in [6, 6.07) is 2.83. The molecule has 1 aromatic heterocycles. The molecule has 0 bridgehead atoms. The highest BCUT2D eigenvalue weighted by Crippen LogP contribution is 2.35. The molecule has 1 aromatic rings. The standard InChI is InChI=1S/C20H29N5O3/c1-13(2)19(27)25(15-5-6-15)16-10-17(18(26)23-9-7-21)24(12-16)20(28)14-4-3-8-22-11-14/h3-4,8,11,13,15-17H,5-7,9-10,12,21H2,1-2H3,(H,23,26). The summed E-state index contributed by atoms with van der Waals surface area (Å²) in [5, 5.41) is 2.79. The van der Waals surface area contributed by atoms with Gasteiger partial charge in [0.15, 0.2) is 0 Å². The van der Waals surface area contributed by atoms with Crippen LogP contribution in [-0.4, -0.2) is 70.3 Å². The molecule has 2 atom stereocenters. The van der Waals surface area contributed by atoms with E-state index in [1.54, 1.807) is 23.2 Å². The van der Waals surface area contributed by atoms with Gasteiger partial charge in [0, 0.05) is 44.0 Å². The fraction of sp³-hybridized carbons (Fsp3) is 0.600. The summed E-state index contributed by atoms with van der Waals surface area (Å²) in [5.74, 6) is -0.494. The van der Waals surface area contributed by atoms with Crippen LogP contribution in [0.15, 0.2) is 24.5 Å². The molecule has 8 heteroatoms. The van der Waals surface area contributed by atoms with Gasteiger partial charge in [-0.3, -0.25) is 19.4 Å². The van der Waals surface area contributed by atoms with Crippen LogP contribution in [0.25, 0.3) is 0 Å². The number of amides is 3. The number of pyridine rings is 1. The molecule has 152 valence electrons. The fourth-order valence-electron chi connectivity index (χ4n) is 3.77. The quantitative estimate of drug-likeness (QED) is 0.703. The van der Waals surface area contributed by atoms with E-state index in [0.717, 1.165) is 12.8 Å². The monoisotopic (exact) mass is 387 g/mol. The number of carbonyl (C=O) groups is 3. The molecule has 1 aliphatic carbocycles. The summed E-state index contributed by atoms with van der Waals surface area (Å²) in [7, 11) is 0. The van der Waals surface area contributed by atoms with E-state index in [-0.39, 0.29) is 35.7 Å². The Bertz CT molecular complexity index is 720. The lowest BCUT2D eigenvalue weighted by Crippen LogP contribution is -2.47. The third-order valence-corrected chi connectivity index (χ3v) is 5.28. The van der Waals surface area contributed by atoms with Crippen molar-refractivity contribution >= 4 is 17.7 Å². The van der Waals surface area contributed by atoms with Crippen LogP contribution in [-0.2, 0) is 9.59 Å². The molecule has 1 saturated carbocycles. The van der Waals surface area contributed by atoms with E-state index in [2.05, 4.69) is 10.3 Å². The lowest BCUT2D eigenvalue weighted by molar-refractivity contribution is -0.137. The molecule has 0 spiro atoms. The summed E-state index contributed by atoms with van der Waals surface area (Å²) in [6.07, 6.45) is 5.51. The van der Waals surface area contributed by atoms with Gasteiger partial charge in [0.2, 0.25) is 11.8 Å². The molecule has 3 amide bonds. The number of carbonyl (C=O) groups excluding carboxylic acids is 3. The van der Waals surface area contributed by atoms with Gasteiger partial charge in [0.05, 0.1) is 11.6 Å². The zero-order chi connectivity index (χ0) is 20.3. The van der Waals surface area contributed by atoms with Gasteiger partial charge in [-0.05, 0) is 31.4 Å². The van der Waals surface area contributed by atoms with Crippen LogP contribution in [0.5, 0.6) is 0 Å². The number of nitrogens with two attached hydrogens (primary N) is 1. The number of aromatic nitrogens is 1. The van der Waals surface area contributed by atoms with Crippen molar-refractivity contribution in [1.82, 2.24) is 20.1 Å². The molecule has 1 aliphatic heterocycles. The lowest BCUT2D eigenvalue weighted by atomic mass is 10.1. The predicted octanol–water partition coefficient (Wildman–Crippen LogP) is 0.387. The summed E-state index contributed by atoms with van der Waals surface area (Å²) >= 11 is 0. The lowest BCUT2D eigenvalue weighted by Gasteiger charge is -2.30. The highest BCUT2D eigenvalue weighted by atomic mass is 16.2. The Balaban J connectivity index is 1.84. The van der Waals surface area contributed by atoms with E-state index < -0.39 is 6.04 Å². The van der Waals surface area contributed by atoms with Gasteiger partial charge in [-0.25, -0.2) is 0 Å². The number of nitrogens with one attached hydrogen (secondary N) is 1. The third-order valence-electron chi connectivity index (χ3n) is 5.28. The first kappa shape index (κ1) is 20.3. The highest BCUT2D eigenvalue weighted by Gasteiger charge is 2.47. The number of hydrogen-bond acceptors (Lipinski definition) is 5. The van der Waals surface area contributed by atoms with E-state index in [4.69, 9.17) is 5.73 Å². The van der Waals surface area contributed by atoms with Crippen molar-refractivity contribution < 1.29 is 14.4 Å². The predicted molar refractivity (Wildman–Crippen MR) is 104 cm³/mol. The molecule has 8 nitrogen and oxygen atoms in total. The molecule has 0 aromatic carbocycles. The Morgan fingerprint density at radius 3 is 2.64 bits per heavy atom. The highest BCUT2D eigenvalue weighted by molar-refractivity contribution is 5.98. The van der Waals surface area contributed by atoms with E-state index in [0.29, 0.717) is 31.6 Å². The first-order valence-electron chi connectivity index (χ1n) is 9.95. The second-order valence-corrected chi connectivity index (χ2v) is 7.82. The molecule has 1 saturated heterocycles. The Hall–Kier alpha value is -2.48. The Kier molecular flexibility index (Phi) is 6.28. The molecule has 0 radical (unpaired) electrons. The molecule has 2 fully saturated rings. The number of likely N-dealkylation sites (tertiary alicyclic amines) is 1. The van der Waals surface area contributed by atoms with Gasteiger partial charge < -0.3 is 20.9 Å². The maximum Gasteiger partial charge on any atom is 0.256 e. The maximum absolute atomic E-state index is 13.1. The van der Waals surface area contributed by atoms with Gasteiger partial charge in [-0.1, -0.05) is 13.8 Å². The minimum Gasteiger partial charge on any atom is -0.353 e. The summed E-state index contributed by atoms with van der Waals surface area (Å²) in [4.78, 5) is 46.1. The van der Waals surface area contributed by atoms with Crippen molar-refractivity contribution in [3.05, 3.63) is 30.1 Å². The van der Waals surface area contributed by atoms with Crippen LogP contribution >= 0.6 is 0 Å². The maximum atomic E-state index is 13.1. The average molecular weight is 387 g/mol. The topological polar surface area (TPSA) is 109 Å². The second kappa shape index (κ2) is 8.68. The van der Waals surface area contributed by atoms with Crippen LogP contribution in [0, 0.1) is 5.92 Å². The molecule has 3 N–H and O–H groups in total. The largest absolute Gasteiger partial charge is 0.353 e. The molecule has 2 heterocycles. The molecular weight excluding hydrogens is 358 g/mol. The zero-order valence-corrected chi connectivity index (χ0v) is 16.5. The average Bonchev–Trinajstić information content (AvgIpc) is 3.43. The van der Waals surface area contributed by atoms with Crippen molar-refractivity contribution in [3.8, 4) is 0 Å². The molecule has 3 rings (SSSR count). The van der Waals surface area contributed by atoms with Crippen LogP contribution in [0.2, 0.25) is 0 Å². The van der Waals surface area contributed by atoms with Crippen molar-refractivity contribution in [1.29, 1.82) is 0 Å². The summed E-state index contributed by atoms with van der Waals surface area (Å²) < 4.78 is 0. The van der Waals surface area contributed by atoms with E-state index in [1.165, 1.54) is 6.20 Å². The fourth-order valence-corrected chi connectivity index (χ4v) is 3.77. The Morgan fingerprint density at radius 1 is 1.32 bits per heavy atom. The second-order valence-electron chi connectivity index (χ2n) is 7.82. The summed E-state index contributed by atoms with van der Waals surface area (Å²) in [6.45, 7) is 4.81. The zero-order valence-electron chi connectivity index (χ0n) is 16.5. The van der Waals surface area contributed by atoms with Crippen LogP contribution < -0.4 is 11.1 Å².